The second-order valence-electron chi connectivity index (χ2n) is 5.95. The number of anilines is 2. The van der Waals surface area contributed by atoms with Crippen molar-refractivity contribution in [3.63, 3.8) is 0 Å². The van der Waals surface area contributed by atoms with Crippen LogP contribution in [0, 0.1) is 6.92 Å². The first-order valence-electron chi connectivity index (χ1n) is 7.79. The number of para-hydroxylation sites is 2. The number of benzene rings is 2. The summed E-state index contributed by atoms with van der Waals surface area (Å²) in [6.45, 7) is 4.10. The van der Waals surface area contributed by atoms with Crippen LogP contribution >= 0.6 is 0 Å². The minimum atomic E-state index is -0.0236. The number of nitrogens with one attached hydrogen (secondary N) is 1. The van der Waals surface area contributed by atoms with Gasteiger partial charge in [-0.15, -0.1) is 0 Å². The Balaban J connectivity index is 1.75. The standard InChI is InChI=1S/C19H20N2O2/c1-13-7-3-5-9-17(13)20-19(23)11-15-12-21(14(2)22)18-10-6-4-8-16(15)18/h3-10,15H,11-12H2,1-2H3,(H,20,23). The molecule has 2 amide bonds. The molecule has 1 aliphatic heterocycles. The maximum absolute atomic E-state index is 12.4. The van der Waals surface area contributed by atoms with E-state index in [9.17, 15) is 9.59 Å². The Labute approximate surface area is 136 Å². The maximum atomic E-state index is 12.4. The second kappa shape index (κ2) is 6.24. The number of amides is 2. The van der Waals surface area contributed by atoms with E-state index >= 15 is 0 Å². The Bertz CT molecular complexity index is 755. The van der Waals surface area contributed by atoms with Gasteiger partial charge in [0.2, 0.25) is 11.8 Å². The van der Waals surface area contributed by atoms with E-state index in [0.29, 0.717) is 13.0 Å². The molecule has 2 aromatic carbocycles. The molecule has 0 aliphatic carbocycles. The predicted molar refractivity (Wildman–Crippen MR) is 91.6 cm³/mol. The maximum Gasteiger partial charge on any atom is 0.225 e. The van der Waals surface area contributed by atoms with Gasteiger partial charge in [0.15, 0.2) is 0 Å². The largest absolute Gasteiger partial charge is 0.326 e. The molecule has 0 saturated carbocycles. The number of carbonyl (C=O) groups is 2. The first kappa shape index (κ1) is 15.3. The third-order valence-corrected chi connectivity index (χ3v) is 4.30. The fourth-order valence-electron chi connectivity index (χ4n) is 3.11. The van der Waals surface area contributed by atoms with E-state index < -0.39 is 0 Å². The summed E-state index contributed by atoms with van der Waals surface area (Å²) in [5, 5.41) is 2.97. The molecule has 0 aromatic heterocycles. The molecule has 3 rings (SSSR count). The molecule has 1 unspecified atom stereocenters. The zero-order valence-electron chi connectivity index (χ0n) is 13.4. The van der Waals surface area contributed by atoms with E-state index in [1.807, 2.05) is 55.5 Å². The van der Waals surface area contributed by atoms with Crippen LogP contribution in [0.3, 0.4) is 0 Å². The zero-order chi connectivity index (χ0) is 16.4. The van der Waals surface area contributed by atoms with Crippen LogP contribution in [-0.4, -0.2) is 18.4 Å². The molecule has 4 nitrogen and oxygen atoms in total. The molecule has 0 saturated heterocycles. The third kappa shape index (κ3) is 3.11. The molecule has 0 fully saturated rings. The van der Waals surface area contributed by atoms with E-state index in [-0.39, 0.29) is 17.7 Å². The lowest BCUT2D eigenvalue weighted by atomic mass is 9.97. The summed E-state index contributed by atoms with van der Waals surface area (Å²) < 4.78 is 0. The predicted octanol–water partition coefficient (Wildman–Crippen LogP) is 3.47. The van der Waals surface area contributed by atoms with Crippen molar-refractivity contribution in [2.45, 2.75) is 26.2 Å². The molecule has 1 aliphatic rings. The minimum Gasteiger partial charge on any atom is -0.326 e. The van der Waals surface area contributed by atoms with Crippen molar-refractivity contribution < 1.29 is 9.59 Å². The monoisotopic (exact) mass is 308 g/mol. The molecule has 4 heteroatoms. The fourth-order valence-corrected chi connectivity index (χ4v) is 3.11. The highest BCUT2D eigenvalue weighted by molar-refractivity contribution is 5.96. The third-order valence-electron chi connectivity index (χ3n) is 4.30. The summed E-state index contributed by atoms with van der Waals surface area (Å²) in [5.74, 6) is 0.0304. The highest BCUT2D eigenvalue weighted by Crippen LogP contribution is 2.38. The van der Waals surface area contributed by atoms with Crippen molar-refractivity contribution in [2.75, 3.05) is 16.8 Å². The number of fused-ring (bicyclic) bond motifs is 1. The van der Waals surface area contributed by atoms with Gasteiger partial charge >= 0.3 is 0 Å². The number of aryl methyl sites for hydroxylation is 1. The van der Waals surface area contributed by atoms with E-state index in [1.54, 1.807) is 11.8 Å². The summed E-state index contributed by atoms with van der Waals surface area (Å²) in [6.07, 6.45) is 0.370. The molecule has 2 aromatic rings. The van der Waals surface area contributed by atoms with Crippen LogP contribution in [0.1, 0.15) is 30.4 Å². The van der Waals surface area contributed by atoms with E-state index in [1.165, 1.54) is 0 Å². The van der Waals surface area contributed by atoms with Gasteiger partial charge in [0, 0.05) is 37.2 Å². The van der Waals surface area contributed by atoms with Gasteiger partial charge in [-0.05, 0) is 30.2 Å². The Hall–Kier alpha value is -2.62. The van der Waals surface area contributed by atoms with Crippen LogP contribution in [0.25, 0.3) is 0 Å². The molecular weight excluding hydrogens is 288 g/mol. The van der Waals surface area contributed by atoms with Crippen LogP contribution < -0.4 is 10.2 Å². The van der Waals surface area contributed by atoms with Gasteiger partial charge in [0.1, 0.15) is 0 Å². The zero-order valence-corrected chi connectivity index (χ0v) is 13.4. The lowest BCUT2D eigenvalue weighted by Gasteiger charge is -2.15. The van der Waals surface area contributed by atoms with Crippen LogP contribution in [0.5, 0.6) is 0 Å². The molecule has 23 heavy (non-hydrogen) atoms. The second-order valence-corrected chi connectivity index (χ2v) is 5.95. The topological polar surface area (TPSA) is 49.4 Å². The molecule has 1 atom stereocenters. The lowest BCUT2D eigenvalue weighted by molar-refractivity contribution is -0.118. The van der Waals surface area contributed by atoms with E-state index in [4.69, 9.17) is 0 Å². The van der Waals surface area contributed by atoms with Gasteiger partial charge in [-0.3, -0.25) is 9.59 Å². The van der Waals surface area contributed by atoms with Crippen LogP contribution in [0.4, 0.5) is 11.4 Å². The molecule has 0 spiro atoms. The molecule has 0 bridgehead atoms. The first-order chi connectivity index (χ1) is 11.1. The fraction of sp³-hybridized carbons (Fsp3) is 0.263. The van der Waals surface area contributed by atoms with E-state index in [2.05, 4.69) is 5.32 Å². The van der Waals surface area contributed by atoms with Crippen LogP contribution in [0.2, 0.25) is 0 Å². The quantitative estimate of drug-likeness (QED) is 0.944. The van der Waals surface area contributed by atoms with Crippen molar-refractivity contribution in [3.8, 4) is 0 Å². The molecule has 0 radical (unpaired) electrons. The summed E-state index contributed by atoms with van der Waals surface area (Å²) in [5.41, 5.74) is 3.88. The number of nitrogens with zero attached hydrogens (tertiary/aromatic N) is 1. The Morgan fingerprint density at radius 2 is 1.83 bits per heavy atom. The van der Waals surface area contributed by atoms with Crippen LogP contribution in [-0.2, 0) is 9.59 Å². The molecule has 1 heterocycles. The van der Waals surface area contributed by atoms with Crippen molar-refractivity contribution in [1.82, 2.24) is 0 Å². The highest BCUT2D eigenvalue weighted by atomic mass is 16.2. The normalized spacial score (nSPS) is 16.1. The van der Waals surface area contributed by atoms with Crippen molar-refractivity contribution in [3.05, 3.63) is 59.7 Å². The smallest absolute Gasteiger partial charge is 0.225 e. The molecule has 1 N–H and O–H groups in total. The van der Waals surface area contributed by atoms with Gasteiger partial charge in [-0.2, -0.15) is 0 Å². The highest BCUT2D eigenvalue weighted by Gasteiger charge is 2.31. The van der Waals surface area contributed by atoms with Gasteiger partial charge in [-0.25, -0.2) is 0 Å². The van der Waals surface area contributed by atoms with E-state index in [0.717, 1.165) is 22.5 Å². The Kier molecular flexibility index (Phi) is 4.15. The number of hydrogen-bond acceptors (Lipinski definition) is 2. The average molecular weight is 308 g/mol. The SMILES string of the molecule is CC(=O)N1CC(CC(=O)Nc2ccccc2C)c2ccccc21. The van der Waals surface area contributed by atoms with Crippen molar-refractivity contribution in [2.24, 2.45) is 0 Å². The molecular formula is C19H20N2O2. The van der Waals surface area contributed by atoms with Crippen molar-refractivity contribution >= 4 is 23.2 Å². The van der Waals surface area contributed by atoms with Crippen molar-refractivity contribution in [1.29, 1.82) is 0 Å². The van der Waals surface area contributed by atoms with Gasteiger partial charge in [0.05, 0.1) is 0 Å². The Morgan fingerprint density at radius 1 is 1.13 bits per heavy atom. The van der Waals surface area contributed by atoms with Crippen LogP contribution in [0.15, 0.2) is 48.5 Å². The lowest BCUT2D eigenvalue weighted by Crippen LogP contribution is -2.28. The van der Waals surface area contributed by atoms with Gasteiger partial charge in [0.25, 0.3) is 0 Å². The minimum absolute atomic E-state index is 0.0132. The van der Waals surface area contributed by atoms with Gasteiger partial charge < -0.3 is 10.2 Å². The summed E-state index contributed by atoms with van der Waals surface area (Å²) >= 11 is 0. The number of rotatable bonds is 3. The number of carbonyl (C=O) groups excluding carboxylic acids is 2. The first-order valence-corrected chi connectivity index (χ1v) is 7.79. The average Bonchev–Trinajstić information content (AvgIpc) is 2.89. The summed E-state index contributed by atoms with van der Waals surface area (Å²) in [4.78, 5) is 25.9. The van der Waals surface area contributed by atoms with Gasteiger partial charge in [-0.1, -0.05) is 36.4 Å². The number of hydrogen-bond donors (Lipinski definition) is 1. The Morgan fingerprint density at radius 3 is 2.57 bits per heavy atom. The summed E-state index contributed by atoms with van der Waals surface area (Å²) in [6, 6.07) is 15.5. The molecule has 118 valence electrons. The summed E-state index contributed by atoms with van der Waals surface area (Å²) in [7, 11) is 0.